The molecule has 0 aliphatic rings. The smallest absolute Gasteiger partial charge is 0.340 e. The number of nitrogens with zero attached hydrogens (tertiary/aromatic N) is 3. The van der Waals surface area contributed by atoms with E-state index in [-0.39, 0.29) is 12.1 Å². The Balaban J connectivity index is 2.04. The number of benzene rings is 2. The van der Waals surface area contributed by atoms with Gasteiger partial charge in [0, 0.05) is 10.9 Å². The number of ether oxygens (including phenoxy) is 1. The van der Waals surface area contributed by atoms with Crippen LogP contribution in [0.3, 0.4) is 0 Å². The summed E-state index contributed by atoms with van der Waals surface area (Å²) in [5, 5.41) is 14.1. The van der Waals surface area contributed by atoms with Crippen LogP contribution in [-0.4, -0.2) is 22.9 Å². The fraction of sp³-hybridized carbons (Fsp3) is 0.118. The summed E-state index contributed by atoms with van der Waals surface area (Å²) in [6.45, 7) is 0.113. The number of nitriles is 1. The normalized spacial score (nSPS) is 10.6. The Bertz CT molecular complexity index is 991. The fourth-order valence-electron chi connectivity index (χ4n) is 2.46. The molecule has 0 amide bonds. The average molecular weight is 344 g/mol. The number of hydrogen-bond donors (Lipinski definition) is 0. The molecule has 0 aliphatic carbocycles. The molecule has 0 radical (unpaired) electrons. The summed E-state index contributed by atoms with van der Waals surface area (Å²) in [6, 6.07) is 9.81. The van der Waals surface area contributed by atoms with Crippen LogP contribution in [0.2, 0.25) is 5.02 Å². The minimum Gasteiger partial charge on any atom is -0.465 e. The van der Waals surface area contributed by atoms with Crippen molar-refractivity contribution in [2.75, 3.05) is 7.11 Å². The van der Waals surface area contributed by atoms with E-state index in [0.29, 0.717) is 27.1 Å². The van der Waals surface area contributed by atoms with Crippen LogP contribution in [-0.2, 0) is 11.3 Å². The molecule has 2 aromatic carbocycles. The molecule has 1 heterocycles. The zero-order chi connectivity index (χ0) is 17.3. The van der Waals surface area contributed by atoms with Crippen LogP contribution in [0.5, 0.6) is 0 Å². The van der Waals surface area contributed by atoms with Crippen molar-refractivity contribution in [1.29, 1.82) is 5.26 Å². The second-order valence-electron chi connectivity index (χ2n) is 5.04. The minimum absolute atomic E-state index is 0.113. The zero-order valence-corrected chi connectivity index (χ0v) is 13.3. The Morgan fingerprint density at radius 1 is 1.42 bits per heavy atom. The predicted octanol–water partition coefficient (Wildman–Crippen LogP) is 3.54. The highest BCUT2D eigenvalue weighted by molar-refractivity contribution is 6.36. The summed E-state index contributed by atoms with van der Waals surface area (Å²) in [4.78, 5) is 11.6. The largest absolute Gasteiger partial charge is 0.465 e. The van der Waals surface area contributed by atoms with Crippen LogP contribution >= 0.6 is 11.6 Å². The zero-order valence-electron chi connectivity index (χ0n) is 12.6. The molecular weight excluding hydrogens is 333 g/mol. The summed E-state index contributed by atoms with van der Waals surface area (Å²) in [7, 11) is 1.20. The number of aromatic nitrogens is 2. The Morgan fingerprint density at radius 3 is 2.92 bits per heavy atom. The van der Waals surface area contributed by atoms with E-state index in [0.717, 1.165) is 0 Å². The second-order valence-corrected chi connectivity index (χ2v) is 5.42. The quantitative estimate of drug-likeness (QED) is 0.682. The molecule has 0 aliphatic heterocycles. The highest BCUT2D eigenvalue weighted by Gasteiger charge is 2.17. The Morgan fingerprint density at radius 2 is 2.21 bits per heavy atom. The maximum Gasteiger partial charge on any atom is 0.340 e. The first-order chi connectivity index (χ1) is 11.6. The minimum atomic E-state index is -0.735. The van der Waals surface area contributed by atoms with Gasteiger partial charge in [0.2, 0.25) is 0 Å². The first-order valence-corrected chi connectivity index (χ1v) is 7.34. The molecule has 0 atom stereocenters. The molecule has 0 unspecified atom stereocenters. The molecule has 0 saturated heterocycles. The number of rotatable bonds is 3. The summed E-state index contributed by atoms with van der Waals surface area (Å²) < 4.78 is 20.6. The number of carbonyl (C=O) groups excluding carboxylic acids is 1. The third-order valence-electron chi connectivity index (χ3n) is 3.69. The van der Waals surface area contributed by atoms with E-state index in [2.05, 4.69) is 9.84 Å². The lowest BCUT2D eigenvalue weighted by Crippen LogP contribution is -2.09. The van der Waals surface area contributed by atoms with Crippen LogP contribution in [0.25, 0.3) is 10.9 Å². The number of hydrogen-bond acceptors (Lipinski definition) is 4. The van der Waals surface area contributed by atoms with Crippen molar-refractivity contribution in [2.45, 2.75) is 6.54 Å². The van der Waals surface area contributed by atoms with Crippen LogP contribution in [0, 0.1) is 17.1 Å². The molecule has 3 aromatic rings. The standard InChI is InChI=1S/C17H11ClFN3O2/c1-24-17(23)12-4-2-3-11(16(12)19)9-22-14-6-5-10(7-20)15(18)13(14)8-21-22/h2-6,8H,9H2,1H3. The van der Waals surface area contributed by atoms with Gasteiger partial charge >= 0.3 is 5.97 Å². The SMILES string of the molecule is COC(=O)c1cccc(Cn2ncc3c(Cl)c(C#N)ccc32)c1F. The number of esters is 1. The van der Waals surface area contributed by atoms with E-state index < -0.39 is 11.8 Å². The molecule has 120 valence electrons. The molecule has 0 spiro atoms. The Hall–Kier alpha value is -2.91. The lowest BCUT2D eigenvalue weighted by Gasteiger charge is -2.08. The van der Waals surface area contributed by atoms with Crippen molar-refractivity contribution in [3.63, 3.8) is 0 Å². The molecule has 0 fully saturated rings. The monoisotopic (exact) mass is 343 g/mol. The summed E-state index contributed by atoms with van der Waals surface area (Å²) in [5.74, 6) is -1.38. The molecule has 24 heavy (non-hydrogen) atoms. The lowest BCUT2D eigenvalue weighted by molar-refractivity contribution is 0.0595. The average Bonchev–Trinajstić information content (AvgIpc) is 3.00. The number of fused-ring (bicyclic) bond motifs is 1. The van der Waals surface area contributed by atoms with Crippen LogP contribution < -0.4 is 0 Å². The highest BCUT2D eigenvalue weighted by Crippen LogP contribution is 2.27. The van der Waals surface area contributed by atoms with E-state index >= 15 is 0 Å². The van der Waals surface area contributed by atoms with Gasteiger partial charge in [-0.3, -0.25) is 4.68 Å². The summed E-state index contributed by atoms with van der Waals surface area (Å²) in [6.07, 6.45) is 1.53. The van der Waals surface area contributed by atoms with E-state index in [1.54, 1.807) is 28.9 Å². The van der Waals surface area contributed by atoms with Crippen molar-refractivity contribution in [3.05, 3.63) is 64.1 Å². The van der Waals surface area contributed by atoms with Crippen molar-refractivity contribution in [3.8, 4) is 6.07 Å². The third kappa shape index (κ3) is 2.59. The van der Waals surface area contributed by atoms with E-state index in [1.165, 1.54) is 19.4 Å². The van der Waals surface area contributed by atoms with Gasteiger partial charge in [0.15, 0.2) is 0 Å². The van der Waals surface area contributed by atoms with Crippen LogP contribution in [0.1, 0.15) is 21.5 Å². The van der Waals surface area contributed by atoms with Gasteiger partial charge in [0.1, 0.15) is 11.9 Å². The van der Waals surface area contributed by atoms with Crippen molar-refractivity contribution in [2.24, 2.45) is 0 Å². The molecule has 0 saturated carbocycles. The number of methoxy groups -OCH3 is 1. The van der Waals surface area contributed by atoms with Gasteiger partial charge in [0.05, 0.1) is 41.5 Å². The van der Waals surface area contributed by atoms with Gasteiger partial charge in [-0.1, -0.05) is 23.7 Å². The maximum atomic E-state index is 14.5. The van der Waals surface area contributed by atoms with Crippen LogP contribution in [0.4, 0.5) is 4.39 Å². The van der Waals surface area contributed by atoms with Crippen LogP contribution in [0.15, 0.2) is 36.5 Å². The molecular formula is C17H11ClFN3O2. The van der Waals surface area contributed by atoms with E-state index in [1.807, 2.05) is 6.07 Å². The highest BCUT2D eigenvalue weighted by atomic mass is 35.5. The molecule has 1 aromatic heterocycles. The number of carbonyl (C=O) groups is 1. The molecule has 0 bridgehead atoms. The second kappa shape index (κ2) is 6.30. The van der Waals surface area contributed by atoms with Gasteiger partial charge in [-0.2, -0.15) is 10.4 Å². The first kappa shape index (κ1) is 16.0. The summed E-state index contributed by atoms with van der Waals surface area (Å²) >= 11 is 6.16. The molecule has 5 nitrogen and oxygen atoms in total. The number of halogens is 2. The topological polar surface area (TPSA) is 67.9 Å². The molecule has 7 heteroatoms. The molecule has 3 rings (SSSR count). The first-order valence-electron chi connectivity index (χ1n) is 6.96. The Kier molecular flexibility index (Phi) is 4.19. The van der Waals surface area contributed by atoms with Gasteiger partial charge in [-0.25, -0.2) is 9.18 Å². The lowest BCUT2D eigenvalue weighted by atomic mass is 10.1. The van der Waals surface area contributed by atoms with Gasteiger partial charge in [-0.05, 0) is 18.2 Å². The molecule has 0 N–H and O–H groups in total. The van der Waals surface area contributed by atoms with Crippen molar-refractivity contribution >= 4 is 28.5 Å². The van der Waals surface area contributed by atoms with Gasteiger partial charge in [-0.15, -0.1) is 0 Å². The van der Waals surface area contributed by atoms with Gasteiger partial charge in [0.25, 0.3) is 0 Å². The van der Waals surface area contributed by atoms with Crippen molar-refractivity contribution in [1.82, 2.24) is 9.78 Å². The van der Waals surface area contributed by atoms with E-state index in [4.69, 9.17) is 16.9 Å². The van der Waals surface area contributed by atoms with Crippen molar-refractivity contribution < 1.29 is 13.9 Å². The van der Waals surface area contributed by atoms with E-state index in [9.17, 15) is 9.18 Å². The fourth-order valence-corrected chi connectivity index (χ4v) is 2.71. The third-order valence-corrected chi connectivity index (χ3v) is 4.09. The van der Waals surface area contributed by atoms with Gasteiger partial charge < -0.3 is 4.74 Å². The predicted molar refractivity (Wildman–Crippen MR) is 86.3 cm³/mol. The maximum absolute atomic E-state index is 14.5. The Labute approximate surface area is 141 Å². The summed E-state index contributed by atoms with van der Waals surface area (Å²) in [5.41, 5.74) is 1.18.